The first kappa shape index (κ1) is 18.9. The van der Waals surface area contributed by atoms with E-state index in [0.29, 0.717) is 0 Å². The molecule has 0 unspecified atom stereocenters. The number of carbonyl (C=O) groups is 3. The summed E-state index contributed by atoms with van der Waals surface area (Å²) in [5.41, 5.74) is 8.86. The number of nitrogens with two attached hydrogens (primary N) is 2. The summed E-state index contributed by atoms with van der Waals surface area (Å²) >= 11 is 0. The molecule has 0 spiro atoms. The number of primary amides is 1. The number of hydrogen-bond donors (Lipinski definition) is 5. The zero-order chi connectivity index (χ0) is 11.0. The van der Waals surface area contributed by atoms with E-state index in [2.05, 4.69) is 5.73 Å². The second-order valence-corrected chi connectivity index (χ2v) is 1.88. The minimum Gasteiger partial charge on any atom is -1.00 e. The van der Waals surface area contributed by atoms with Crippen LogP contribution >= 0.6 is 0 Å². The average molecular weight is 218 g/mol. The molecule has 0 saturated heterocycles. The van der Waals surface area contributed by atoms with Crippen LogP contribution in [0.4, 0.5) is 4.79 Å². The van der Waals surface area contributed by atoms with E-state index in [4.69, 9.17) is 25.8 Å². The predicted octanol–water partition coefficient (Wildman–Crippen LogP) is -4.39. The molecule has 0 aliphatic rings. The normalized spacial score (nSPS) is 9.79. The summed E-state index contributed by atoms with van der Waals surface area (Å²) in [6, 6.07) is -1.29. The molecule has 0 aliphatic carbocycles. The molecular weight excluding hydrogens is 207 g/mol. The third-order valence-corrected chi connectivity index (χ3v) is 0.712. The number of rotatable bonds is 3. The molecule has 78 valence electrons. The number of amides is 1. The molecular formula is C5H11N2NaO6. The second-order valence-electron chi connectivity index (χ2n) is 1.88. The molecule has 0 bridgehead atoms. The van der Waals surface area contributed by atoms with Crippen molar-refractivity contribution in [1.82, 2.24) is 0 Å². The van der Waals surface area contributed by atoms with E-state index in [-0.39, 0.29) is 31.0 Å². The van der Waals surface area contributed by atoms with Crippen molar-refractivity contribution in [2.75, 3.05) is 0 Å². The van der Waals surface area contributed by atoms with Crippen molar-refractivity contribution in [3.05, 3.63) is 0 Å². The molecule has 1 atom stereocenters. The standard InChI is InChI=1S/C4H7NO4.CH3NO2.Na.H/c5-2(4(8)9)1-3(6)7;2-1(3)4;;/h2H,1,5H2,(H,6,7)(H,8,9);2H2,(H,3,4);;/q;;+1;-1/t2-;;;/m0.../s1. The van der Waals surface area contributed by atoms with Gasteiger partial charge in [-0.05, 0) is 0 Å². The zero-order valence-corrected chi connectivity index (χ0v) is 9.51. The van der Waals surface area contributed by atoms with Crippen molar-refractivity contribution < 1.29 is 60.7 Å². The third kappa shape index (κ3) is 22.5. The van der Waals surface area contributed by atoms with Crippen molar-refractivity contribution in [3.8, 4) is 0 Å². The van der Waals surface area contributed by atoms with E-state index >= 15 is 0 Å². The third-order valence-electron chi connectivity index (χ3n) is 0.712. The maximum Gasteiger partial charge on any atom is 1.00 e. The molecule has 0 aromatic heterocycles. The van der Waals surface area contributed by atoms with Gasteiger partial charge in [0.15, 0.2) is 0 Å². The SMILES string of the molecule is NC(=O)O.N[C@@H](CC(=O)O)C(=O)O.[H-].[Na+]. The van der Waals surface area contributed by atoms with Gasteiger partial charge in [0.05, 0.1) is 6.42 Å². The second kappa shape index (κ2) is 10.3. The van der Waals surface area contributed by atoms with Crippen LogP contribution in [0.3, 0.4) is 0 Å². The van der Waals surface area contributed by atoms with E-state index in [1.165, 1.54) is 0 Å². The number of hydrogen-bond acceptors (Lipinski definition) is 4. The van der Waals surface area contributed by atoms with Crippen LogP contribution in [0.1, 0.15) is 7.85 Å². The van der Waals surface area contributed by atoms with E-state index in [9.17, 15) is 9.59 Å². The Labute approximate surface area is 103 Å². The molecule has 0 heterocycles. The topological polar surface area (TPSA) is 164 Å². The summed E-state index contributed by atoms with van der Waals surface area (Å²) in [4.78, 5) is 28.4. The van der Waals surface area contributed by atoms with Crippen LogP contribution in [0, 0.1) is 0 Å². The quantitative estimate of drug-likeness (QED) is 0.298. The molecule has 0 aliphatic heterocycles. The molecule has 7 N–H and O–H groups in total. The van der Waals surface area contributed by atoms with Crippen molar-refractivity contribution in [1.29, 1.82) is 0 Å². The summed E-state index contributed by atoms with van der Waals surface area (Å²) in [7, 11) is 0. The zero-order valence-electron chi connectivity index (χ0n) is 8.51. The molecule has 1 amide bonds. The number of carboxylic acids is 2. The largest absolute Gasteiger partial charge is 1.00 e. The smallest absolute Gasteiger partial charge is 1.00 e. The van der Waals surface area contributed by atoms with Gasteiger partial charge >= 0.3 is 47.6 Å². The van der Waals surface area contributed by atoms with E-state index in [1.54, 1.807) is 0 Å². The predicted molar refractivity (Wildman–Crippen MR) is 41.2 cm³/mol. The summed E-state index contributed by atoms with van der Waals surface area (Å²) in [6.07, 6.45) is -1.87. The van der Waals surface area contributed by atoms with Crippen molar-refractivity contribution in [2.24, 2.45) is 11.5 Å². The average Bonchev–Trinajstić information content (AvgIpc) is 1.83. The van der Waals surface area contributed by atoms with Gasteiger partial charge in [-0.15, -0.1) is 0 Å². The maximum atomic E-state index is 9.85. The number of carboxylic acid groups (broad SMARTS) is 3. The fraction of sp³-hybridized carbons (Fsp3) is 0.400. The van der Waals surface area contributed by atoms with Gasteiger partial charge in [-0.25, -0.2) is 4.79 Å². The summed E-state index contributed by atoms with van der Waals surface area (Å²) < 4.78 is 0. The van der Waals surface area contributed by atoms with Crippen molar-refractivity contribution in [3.63, 3.8) is 0 Å². The molecule has 0 fully saturated rings. The first-order chi connectivity index (χ1) is 5.77. The molecule has 14 heavy (non-hydrogen) atoms. The van der Waals surface area contributed by atoms with Gasteiger partial charge in [0.25, 0.3) is 0 Å². The number of aliphatic carboxylic acids is 2. The van der Waals surface area contributed by atoms with Gasteiger partial charge in [-0.3, -0.25) is 9.59 Å². The minimum absolute atomic E-state index is 0. The molecule has 0 rings (SSSR count). The van der Waals surface area contributed by atoms with Gasteiger partial charge < -0.3 is 28.2 Å². The Morgan fingerprint density at radius 3 is 1.57 bits per heavy atom. The molecule has 9 heteroatoms. The fourth-order valence-electron chi connectivity index (χ4n) is 0.275. The van der Waals surface area contributed by atoms with Crippen LogP contribution in [0.25, 0.3) is 0 Å². The van der Waals surface area contributed by atoms with Crippen LogP contribution in [-0.4, -0.2) is 39.4 Å². The van der Waals surface area contributed by atoms with Crippen LogP contribution in [0.15, 0.2) is 0 Å². The van der Waals surface area contributed by atoms with Crippen LogP contribution in [0.5, 0.6) is 0 Å². The van der Waals surface area contributed by atoms with Crippen LogP contribution in [-0.2, 0) is 9.59 Å². The Balaban J connectivity index is -0.0000000883. The minimum atomic E-state index is -1.33. The van der Waals surface area contributed by atoms with Crippen molar-refractivity contribution in [2.45, 2.75) is 12.5 Å². The molecule has 8 nitrogen and oxygen atoms in total. The molecule has 0 aromatic carbocycles. The van der Waals surface area contributed by atoms with Crippen molar-refractivity contribution >= 4 is 18.0 Å². The molecule has 0 saturated carbocycles. The van der Waals surface area contributed by atoms with E-state index < -0.39 is 30.5 Å². The molecule has 0 aromatic rings. The Bertz CT molecular complexity index is 210. The molecule has 0 radical (unpaired) electrons. The van der Waals surface area contributed by atoms with Gasteiger partial charge in [-0.1, -0.05) is 0 Å². The van der Waals surface area contributed by atoms with Crippen LogP contribution < -0.4 is 41.0 Å². The first-order valence-corrected chi connectivity index (χ1v) is 2.96. The Hall–Kier alpha value is -0.830. The fourth-order valence-corrected chi connectivity index (χ4v) is 0.275. The van der Waals surface area contributed by atoms with Gasteiger partial charge in [-0.2, -0.15) is 0 Å². The summed E-state index contributed by atoms with van der Waals surface area (Å²) in [5, 5.41) is 23.2. The van der Waals surface area contributed by atoms with Gasteiger partial charge in [0.1, 0.15) is 6.04 Å². The summed E-state index contributed by atoms with van der Waals surface area (Å²) in [5.74, 6) is -2.50. The monoisotopic (exact) mass is 218 g/mol. The van der Waals surface area contributed by atoms with Gasteiger partial charge in [0.2, 0.25) is 0 Å². The van der Waals surface area contributed by atoms with Crippen LogP contribution in [0.2, 0.25) is 0 Å². The van der Waals surface area contributed by atoms with Gasteiger partial charge in [0, 0.05) is 0 Å². The van der Waals surface area contributed by atoms with E-state index in [1.807, 2.05) is 0 Å². The first-order valence-electron chi connectivity index (χ1n) is 2.96. The maximum absolute atomic E-state index is 9.85. The summed E-state index contributed by atoms with van der Waals surface area (Å²) in [6.45, 7) is 0. The Morgan fingerprint density at radius 1 is 1.21 bits per heavy atom. The Morgan fingerprint density at radius 2 is 1.50 bits per heavy atom. The van der Waals surface area contributed by atoms with E-state index in [0.717, 1.165) is 0 Å². The Kier molecular flexibility index (Phi) is 13.8.